The second kappa shape index (κ2) is 23.2. The summed E-state index contributed by atoms with van der Waals surface area (Å²) in [4.78, 5) is 0. The zero-order valence-corrected chi connectivity index (χ0v) is 35.0. The van der Waals surface area contributed by atoms with Crippen LogP contribution in [0.2, 0.25) is 0 Å². The Morgan fingerprint density at radius 3 is 1.29 bits per heavy atom. The summed E-state index contributed by atoms with van der Waals surface area (Å²) in [7, 11) is 0. The molecule has 58 heavy (non-hydrogen) atoms. The molecule has 6 heteroatoms. The van der Waals surface area contributed by atoms with Gasteiger partial charge in [0.25, 0.3) is 0 Å². The zero-order chi connectivity index (χ0) is 40.8. The van der Waals surface area contributed by atoms with Crippen LogP contribution in [-0.2, 0) is 5.54 Å². The molecule has 0 spiro atoms. The predicted octanol–water partition coefficient (Wildman–Crippen LogP) is 12.2. The number of hydrogen-bond donors (Lipinski definition) is 4. The molecule has 0 fully saturated rings. The molecule has 0 bridgehead atoms. The lowest BCUT2D eigenvalue weighted by atomic mass is 9.80. The van der Waals surface area contributed by atoms with Crippen LogP contribution >= 0.6 is 24.4 Å². The Morgan fingerprint density at radius 2 is 0.879 bits per heavy atom. The van der Waals surface area contributed by atoms with Crippen molar-refractivity contribution in [1.29, 1.82) is 0 Å². The van der Waals surface area contributed by atoms with Crippen molar-refractivity contribution in [3.05, 3.63) is 252 Å². The van der Waals surface area contributed by atoms with E-state index in [0.717, 1.165) is 12.8 Å². The topological polar surface area (TPSA) is 48.1 Å². The first kappa shape index (κ1) is 43.1. The van der Waals surface area contributed by atoms with Gasteiger partial charge in [-0.15, -0.1) is 0 Å². The maximum Gasteiger partial charge on any atom is 0.167 e. The van der Waals surface area contributed by atoms with E-state index >= 15 is 0 Å². The SMILES string of the molecule is C=C/C=C\C/C=C\CC(NC(=S)NC(C)c1ccccc1)(c1ccccc1)c1ccccc1.CC(NC(=S)NC(c1ccccc1)c1ccccc1)c1ccccc1. The van der Waals surface area contributed by atoms with Gasteiger partial charge in [0.15, 0.2) is 10.2 Å². The second-order valence-electron chi connectivity index (χ2n) is 13.9. The summed E-state index contributed by atoms with van der Waals surface area (Å²) in [6.07, 6.45) is 11.9. The Balaban J connectivity index is 0.000000229. The van der Waals surface area contributed by atoms with Crippen molar-refractivity contribution >= 4 is 34.7 Å². The minimum Gasteiger partial charge on any atom is -0.356 e. The first-order valence-corrected chi connectivity index (χ1v) is 20.6. The Bertz CT molecular complexity index is 2080. The van der Waals surface area contributed by atoms with Crippen LogP contribution in [0, 0.1) is 0 Å². The number of nitrogens with one attached hydrogen (secondary N) is 4. The van der Waals surface area contributed by atoms with Crippen LogP contribution in [-0.4, -0.2) is 10.2 Å². The molecule has 0 aliphatic heterocycles. The first-order valence-electron chi connectivity index (χ1n) is 19.8. The fraction of sp³-hybridized carbons (Fsp3) is 0.154. The molecule has 0 amide bonds. The van der Waals surface area contributed by atoms with Crippen LogP contribution in [0.1, 0.15) is 78.2 Å². The van der Waals surface area contributed by atoms with E-state index < -0.39 is 5.54 Å². The molecule has 2 atom stereocenters. The molecule has 0 heterocycles. The van der Waals surface area contributed by atoms with Gasteiger partial charge in [0, 0.05) is 0 Å². The highest BCUT2D eigenvalue weighted by molar-refractivity contribution is 7.80. The summed E-state index contributed by atoms with van der Waals surface area (Å²) in [5.74, 6) is 0. The molecule has 2 unspecified atom stereocenters. The number of allylic oxidation sites excluding steroid dienone is 4. The molecule has 6 aromatic carbocycles. The smallest absolute Gasteiger partial charge is 0.167 e. The van der Waals surface area contributed by atoms with Gasteiger partial charge in [0.1, 0.15) is 0 Å². The second-order valence-corrected chi connectivity index (χ2v) is 14.8. The third kappa shape index (κ3) is 13.0. The molecular weight excluding hydrogens is 745 g/mol. The highest BCUT2D eigenvalue weighted by Gasteiger charge is 2.34. The summed E-state index contributed by atoms with van der Waals surface area (Å²) in [6.45, 7) is 7.97. The summed E-state index contributed by atoms with van der Waals surface area (Å²) >= 11 is 11.4. The molecule has 294 valence electrons. The molecule has 6 aromatic rings. The van der Waals surface area contributed by atoms with Gasteiger partial charge in [-0.3, -0.25) is 0 Å². The molecule has 0 aromatic heterocycles. The number of benzene rings is 6. The van der Waals surface area contributed by atoms with Crippen molar-refractivity contribution in [2.24, 2.45) is 0 Å². The van der Waals surface area contributed by atoms with Crippen LogP contribution in [0.15, 0.2) is 219 Å². The van der Waals surface area contributed by atoms with Gasteiger partial charge >= 0.3 is 0 Å². The van der Waals surface area contributed by atoms with Crippen molar-refractivity contribution < 1.29 is 0 Å². The lowest BCUT2D eigenvalue weighted by Gasteiger charge is -2.37. The Kier molecular flexibility index (Phi) is 17.2. The summed E-state index contributed by atoms with van der Waals surface area (Å²) in [5, 5.41) is 15.3. The van der Waals surface area contributed by atoms with Gasteiger partial charge in [-0.1, -0.05) is 219 Å². The molecule has 0 saturated heterocycles. The molecule has 6 rings (SSSR count). The van der Waals surface area contributed by atoms with Crippen molar-refractivity contribution in [3.8, 4) is 0 Å². The minimum absolute atomic E-state index is 0.0189. The van der Waals surface area contributed by atoms with E-state index in [1.165, 1.54) is 33.4 Å². The molecule has 0 aliphatic carbocycles. The van der Waals surface area contributed by atoms with Crippen LogP contribution in [0.3, 0.4) is 0 Å². The number of thiocarbonyl (C=S) groups is 2. The lowest BCUT2D eigenvalue weighted by molar-refractivity contribution is 0.474. The van der Waals surface area contributed by atoms with E-state index in [1.807, 2.05) is 66.7 Å². The predicted molar refractivity (Wildman–Crippen MR) is 254 cm³/mol. The molecule has 4 nitrogen and oxygen atoms in total. The van der Waals surface area contributed by atoms with Crippen LogP contribution in [0.4, 0.5) is 0 Å². The minimum atomic E-state index is -0.498. The molecular formula is C52H54N4S2. The Labute approximate surface area is 356 Å². The highest BCUT2D eigenvalue weighted by Crippen LogP contribution is 2.34. The third-order valence-corrected chi connectivity index (χ3v) is 10.3. The fourth-order valence-corrected chi connectivity index (χ4v) is 7.39. The van der Waals surface area contributed by atoms with E-state index in [0.29, 0.717) is 10.2 Å². The van der Waals surface area contributed by atoms with Crippen molar-refractivity contribution in [3.63, 3.8) is 0 Å². The van der Waals surface area contributed by atoms with E-state index in [4.69, 9.17) is 24.4 Å². The lowest BCUT2D eigenvalue weighted by Crippen LogP contribution is -2.50. The molecule has 4 N–H and O–H groups in total. The third-order valence-electron chi connectivity index (χ3n) is 9.83. The zero-order valence-electron chi connectivity index (χ0n) is 33.4. The van der Waals surface area contributed by atoms with Gasteiger partial charge in [-0.25, -0.2) is 0 Å². The standard InChI is InChI=1S/C30H32N2S.C22H22N2S/c1-3-4-5-6-7-17-24-30(27-20-13-9-14-21-27,28-22-15-10-16-23-28)32-29(33)31-25(2)26-18-11-8-12-19-26;1-17(18-11-5-2-6-12-18)23-22(25)24-21(19-13-7-3-8-14-19)20-15-9-4-10-16-20/h3-5,7-23,25H,1,6,24H2,2H3,(H2,31,32,33);2-17,21H,1H3,(H2,23,24,25)/b5-4-,17-7-;. The highest BCUT2D eigenvalue weighted by atomic mass is 32.1. The van der Waals surface area contributed by atoms with Crippen molar-refractivity contribution in [1.82, 2.24) is 21.3 Å². The normalized spacial score (nSPS) is 12.2. The first-order chi connectivity index (χ1) is 28.4. The summed E-state index contributed by atoms with van der Waals surface area (Å²) in [6, 6.07) is 62.7. The molecule has 0 saturated carbocycles. The van der Waals surface area contributed by atoms with Crippen LogP contribution < -0.4 is 21.3 Å². The molecule has 0 radical (unpaired) electrons. The van der Waals surface area contributed by atoms with E-state index in [1.54, 1.807) is 6.08 Å². The average molecular weight is 799 g/mol. The Hall–Kier alpha value is -6.08. The van der Waals surface area contributed by atoms with Gasteiger partial charge in [0.2, 0.25) is 0 Å². The van der Waals surface area contributed by atoms with Crippen LogP contribution in [0.25, 0.3) is 0 Å². The molecule has 0 aliphatic rings. The largest absolute Gasteiger partial charge is 0.356 e. The van der Waals surface area contributed by atoms with Gasteiger partial charge < -0.3 is 21.3 Å². The Morgan fingerprint density at radius 1 is 0.500 bits per heavy atom. The van der Waals surface area contributed by atoms with Crippen molar-refractivity contribution in [2.75, 3.05) is 0 Å². The van der Waals surface area contributed by atoms with Gasteiger partial charge in [0.05, 0.1) is 23.7 Å². The monoisotopic (exact) mass is 798 g/mol. The summed E-state index contributed by atoms with van der Waals surface area (Å²) in [5.41, 5.74) is 6.61. The van der Waals surface area contributed by atoms with E-state index in [-0.39, 0.29) is 18.1 Å². The van der Waals surface area contributed by atoms with Crippen LogP contribution in [0.5, 0.6) is 0 Å². The maximum atomic E-state index is 5.85. The average Bonchev–Trinajstić information content (AvgIpc) is 3.28. The number of hydrogen-bond acceptors (Lipinski definition) is 2. The van der Waals surface area contributed by atoms with E-state index in [9.17, 15) is 0 Å². The maximum absolute atomic E-state index is 5.85. The van der Waals surface area contributed by atoms with Gasteiger partial charge in [-0.2, -0.15) is 0 Å². The van der Waals surface area contributed by atoms with E-state index in [2.05, 4.69) is 181 Å². The van der Waals surface area contributed by atoms with Crippen molar-refractivity contribution in [2.45, 2.75) is 50.4 Å². The van der Waals surface area contributed by atoms with Gasteiger partial charge in [-0.05, 0) is 84.5 Å². The summed E-state index contributed by atoms with van der Waals surface area (Å²) < 4.78 is 0. The number of rotatable bonds is 15. The fourth-order valence-electron chi connectivity index (χ4n) is 6.75. The quantitative estimate of drug-likeness (QED) is 0.0472.